The minimum atomic E-state index is -5.75. The zero-order valence-electron chi connectivity index (χ0n) is 33.9. The number of aliphatic hydroxyl groups excluding tert-OH is 2. The Kier molecular flexibility index (Phi) is 15.6. The van der Waals surface area contributed by atoms with E-state index in [1.54, 1.807) is 11.3 Å². The number of nitrogens with two attached hydrogens (primary N) is 1. The molecule has 0 spiro atoms. The van der Waals surface area contributed by atoms with E-state index >= 15 is 0 Å². The van der Waals surface area contributed by atoms with Crippen molar-refractivity contribution in [3.8, 4) is 10.6 Å². The van der Waals surface area contributed by atoms with Crippen LogP contribution in [0.15, 0.2) is 49.1 Å². The van der Waals surface area contributed by atoms with Crippen LogP contribution in [0.4, 0.5) is 11.5 Å². The van der Waals surface area contributed by atoms with Gasteiger partial charge in [-0.15, -0.1) is 11.3 Å². The number of benzene rings is 2. The van der Waals surface area contributed by atoms with Crippen LogP contribution in [0.5, 0.6) is 0 Å². The average molecular weight is 945 g/mol. The highest BCUT2D eigenvalue weighted by Gasteiger charge is 2.47. The quantitative estimate of drug-likeness (QED) is 0.0241. The summed E-state index contributed by atoms with van der Waals surface area (Å²) in [5, 5.41) is 25.0. The molecule has 0 radical (unpaired) electrons. The molecule has 2 aromatic heterocycles. The molecule has 3 aromatic rings. The number of imidazole rings is 1. The maximum Gasteiger partial charge on any atom is 0.490 e. The molecular formula is C35H49N9O14P3S+. The summed E-state index contributed by atoms with van der Waals surface area (Å²) >= 11 is 1.69. The van der Waals surface area contributed by atoms with Gasteiger partial charge in [-0.3, -0.25) is 18.4 Å². The van der Waals surface area contributed by atoms with E-state index in [4.69, 9.17) is 20.0 Å². The Hall–Kier alpha value is -3.83. The van der Waals surface area contributed by atoms with Crippen molar-refractivity contribution in [2.75, 3.05) is 58.1 Å². The molecule has 2 aliphatic heterocycles. The number of rotatable bonds is 21. The van der Waals surface area contributed by atoms with Crippen molar-refractivity contribution >= 4 is 73.6 Å². The molecule has 62 heavy (non-hydrogen) atoms. The van der Waals surface area contributed by atoms with Crippen LogP contribution in [0.2, 0.25) is 0 Å². The molecule has 0 saturated carbocycles. The van der Waals surface area contributed by atoms with Crippen molar-refractivity contribution in [1.29, 1.82) is 0 Å². The van der Waals surface area contributed by atoms with Crippen molar-refractivity contribution in [1.82, 2.24) is 34.4 Å². The molecule has 8 N–H and O–H groups in total. The number of nitrogens with zero attached hydrogens (tertiary/aromatic N) is 7. The van der Waals surface area contributed by atoms with Crippen molar-refractivity contribution < 1.29 is 65.8 Å². The minimum Gasteiger partial charge on any atom is -0.387 e. The summed E-state index contributed by atoms with van der Waals surface area (Å²) in [5.41, 5.74) is 9.01. The lowest BCUT2D eigenvalue weighted by Crippen LogP contribution is -2.33. The fourth-order valence-electron chi connectivity index (χ4n) is 6.44. The lowest BCUT2D eigenvalue weighted by molar-refractivity contribution is -0.121. The van der Waals surface area contributed by atoms with Gasteiger partial charge in [-0.2, -0.15) is 8.62 Å². The van der Waals surface area contributed by atoms with Crippen LogP contribution in [0.3, 0.4) is 0 Å². The molecule has 23 nitrogen and oxygen atoms in total. The number of hydrogen-bond acceptors (Lipinski definition) is 18. The monoisotopic (exact) mass is 944 g/mol. The predicted octanol–water partition coefficient (Wildman–Crippen LogP) is 2.73. The summed E-state index contributed by atoms with van der Waals surface area (Å²) < 4.78 is 64.6. The Morgan fingerprint density at radius 3 is 2.45 bits per heavy atom. The van der Waals surface area contributed by atoms with Crippen molar-refractivity contribution in [3.05, 3.63) is 54.4 Å². The Bertz CT molecular complexity index is 2560. The van der Waals surface area contributed by atoms with E-state index in [1.165, 1.54) is 10.9 Å². The van der Waals surface area contributed by atoms with Crippen molar-refractivity contribution in [2.45, 2.75) is 63.1 Å². The number of nitrogens with one attached hydrogen (secondary N) is 1. The SMILES string of the molecule is CN(CCCC(=O)NCCCCCCOP(=O)(O)OP(=O)(O)OP(=O)(O)OC[C@H]1O[C@@H](n2cnc3c(N)ncnc32)[C@H](O)[C@@H]1O)c1ccc2nc3ccc(=[N+](C)C)cc-3sc2c1. The number of carbonyl (C=O) groups excluding carboxylic acids is 1. The first-order chi connectivity index (χ1) is 29.3. The molecule has 1 amide bonds. The molecule has 338 valence electrons. The van der Waals surface area contributed by atoms with E-state index in [9.17, 15) is 43.4 Å². The number of unbranched alkanes of at least 4 members (excludes halogenated alkanes) is 3. The molecule has 1 aromatic carbocycles. The standard InChI is InChI=1S/C35H48N9O14P3S/c1-42(2)22-10-12-24-27(17-22)62-28-18-23(11-13-25(28)41-24)43(3)15-8-9-29(45)37-14-6-4-5-7-16-54-59(48,49)57-61(52,53)58-60(50,51)55-19-26-31(46)32(47)35(56-26)44-21-40-30-33(36)38-20-39-34(30)44/h10-13,17-18,20-21,26,31-32,35,46-47H,4-9,14-16,19H2,1-3H3,(H5-,36,37,38,39,45,48,49,50,51,52,53)/p+1/t26-,31-,32-,35-/m1/s1. The number of phosphoric acid groups is 3. The van der Waals surface area contributed by atoms with Crippen LogP contribution in [-0.2, 0) is 40.9 Å². The lowest BCUT2D eigenvalue weighted by Gasteiger charge is -2.20. The van der Waals surface area contributed by atoms with Crippen LogP contribution in [0.25, 0.3) is 32.0 Å². The number of hydrogen-bond donors (Lipinski definition) is 7. The number of fused-ring (bicyclic) bond motifs is 3. The molecular weight excluding hydrogens is 895 g/mol. The van der Waals surface area contributed by atoms with Gasteiger partial charge in [-0.05, 0) is 43.5 Å². The van der Waals surface area contributed by atoms with Gasteiger partial charge in [-0.1, -0.05) is 12.8 Å². The first kappa shape index (κ1) is 47.6. The number of carbonyl (C=O) groups is 1. The second kappa shape index (κ2) is 20.3. The highest BCUT2D eigenvalue weighted by Crippen LogP contribution is 2.67. The summed E-state index contributed by atoms with van der Waals surface area (Å²) in [4.78, 5) is 62.2. The zero-order chi connectivity index (χ0) is 44.8. The van der Waals surface area contributed by atoms with Gasteiger partial charge in [0.1, 0.15) is 44.3 Å². The molecule has 3 unspecified atom stereocenters. The molecule has 27 heteroatoms. The molecule has 3 aliphatic rings. The Morgan fingerprint density at radius 1 is 0.952 bits per heavy atom. The maximum atomic E-state index is 12.4. The first-order valence-electron chi connectivity index (χ1n) is 19.3. The Balaban J connectivity index is 0.833. The highest BCUT2D eigenvalue weighted by atomic mass is 32.1. The summed E-state index contributed by atoms with van der Waals surface area (Å²) in [5.74, 6) is -0.0418. The number of anilines is 2. The molecule has 7 atom stereocenters. The maximum absolute atomic E-state index is 12.4. The van der Waals surface area contributed by atoms with Gasteiger partial charge in [0, 0.05) is 44.4 Å². The second-order valence-electron chi connectivity index (χ2n) is 14.5. The predicted molar refractivity (Wildman–Crippen MR) is 227 cm³/mol. The number of aromatic nitrogens is 5. The fourth-order valence-corrected chi connectivity index (χ4v) is 11.0. The number of phosphoric ester groups is 2. The van der Waals surface area contributed by atoms with Gasteiger partial charge in [-0.25, -0.2) is 38.2 Å². The number of nitrogen functional groups attached to an aromatic ring is 1. The van der Waals surface area contributed by atoms with Gasteiger partial charge in [0.25, 0.3) is 0 Å². The van der Waals surface area contributed by atoms with Crippen LogP contribution >= 0.6 is 34.8 Å². The minimum absolute atomic E-state index is 0.0413. The van der Waals surface area contributed by atoms with Gasteiger partial charge < -0.3 is 45.6 Å². The smallest absolute Gasteiger partial charge is 0.387 e. The topological polar surface area (TPSA) is 316 Å². The van der Waals surface area contributed by atoms with E-state index in [0.29, 0.717) is 45.2 Å². The fraction of sp³-hybridized carbons (Fsp3) is 0.486. The highest BCUT2D eigenvalue weighted by molar-refractivity contribution is 7.66. The number of amides is 1. The van der Waals surface area contributed by atoms with Crippen LogP contribution in [0, 0.1) is 0 Å². The Labute approximate surface area is 359 Å². The van der Waals surface area contributed by atoms with E-state index in [0.717, 1.165) is 38.2 Å². The third-order valence-corrected chi connectivity index (χ3v) is 15.0. The van der Waals surface area contributed by atoms with Gasteiger partial charge >= 0.3 is 23.5 Å². The summed E-state index contributed by atoms with van der Waals surface area (Å²) in [6.45, 7) is -0.239. The largest absolute Gasteiger partial charge is 0.490 e. The lowest BCUT2D eigenvalue weighted by atomic mass is 10.1. The summed E-state index contributed by atoms with van der Waals surface area (Å²) in [7, 11) is -10.5. The zero-order valence-corrected chi connectivity index (χ0v) is 37.4. The molecule has 0 bridgehead atoms. The van der Waals surface area contributed by atoms with Crippen molar-refractivity contribution in [2.24, 2.45) is 0 Å². The number of ether oxygens (including phenoxy) is 1. The summed E-state index contributed by atoms with van der Waals surface area (Å²) in [6, 6.07) is 12.4. The van der Waals surface area contributed by atoms with E-state index < -0.39 is 54.6 Å². The molecule has 1 saturated heterocycles. The van der Waals surface area contributed by atoms with Crippen LogP contribution < -0.4 is 25.9 Å². The third kappa shape index (κ3) is 12.5. The third-order valence-electron chi connectivity index (χ3n) is 9.66. The van der Waals surface area contributed by atoms with E-state index in [2.05, 4.69) is 61.1 Å². The van der Waals surface area contributed by atoms with Gasteiger partial charge in [0.15, 0.2) is 17.7 Å². The van der Waals surface area contributed by atoms with Crippen molar-refractivity contribution in [3.63, 3.8) is 0 Å². The van der Waals surface area contributed by atoms with E-state index in [1.807, 2.05) is 39.3 Å². The van der Waals surface area contributed by atoms with Crippen LogP contribution in [-0.4, -0.2) is 121 Å². The second-order valence-corrected chi connectivity index (χ2v) is 20.2. The molecule has 1 fully saturated rings. The number of aliphatic hydroxyl groups is 2. The molecule has 1 aliphatic carbocycles. The van der Waals surface area contributed by atoms with Crippen LogP contribution in [0.1, 0.15) is 44.8 Å². The normalized spacial score (nSPS) is 20.8. The van der Waals surface area contributed by atoms with Gasteiger partial charge in [0.2, 0.25) is 11.3 Å². The average Bonchev–Trinajstić information content (AvgIpc) is 3.76. The Morgan fingerprint density at radius 2 is 1.69 bits per heavy atom. The molecule has 6 rings (SSSR count). The first-order valence-corrected chi connectivity index (χ1v) is 24.6. The van der Waals surface area contributed by atoms with Gasteiger partial charge in [0.05, 0.1) is 40.3 Å². The molecule has 4 heterocycles. The van der Waals surface area contributed by atoms with E-state index in [-0.39, 0.29) is 35.9 Å². The summed E-state index contributed by atoms with van der Waals surface area (Å²) in [6.07, 6.45) is -0.763.